The number of carbonyl (C=O) groups excluding carboxylic acids is 1. The third kappa shape index (κ3) is 2.38. The average molecular weight is 259 g/mol. The van der Waals surface area contributed by atoms with Crippen LogP contribution >= 0.6 is 0 Å². The lowest BCUT2D eigenvalue weighted by atomic mass is 10.1. The molecule has 0 atom stereocenters. The Labute approximate surface area is 111 Å². The van der Waals surface area contributed by atoms with E-state index in [4.69, 9.17) is 4.74 Å². The number of fused-ring (bicyclic) bond motifs is 1. The molecule has 0 saturated heterocycles. The number of esters is 1. The van der Waals surface area contributed by atoms with Crippen LogP contribution in [-0.2, 0) is 11.3 Å². The second-order valence-corrected chi connectivity index (χ2v) is 4.40. The summed E-state index contributed by atoms with van der Waals surface area (Å²) < 4.78 is 6.83. The van der Waals surface area contributed by atoms with Gasteiger partial charge in [0.05, 0.1) is 12.1 Å². The Morgan fingerprint density at radius 3 is 2.68 bits per heavy atom. The number of hydrogen-bond donors (Lipinski definition) is 0. The van der Waals surface area contributed by atoms with E-state index in [0.717, 1.165) is 11.1 Å². The van der Waals surface area contributed by atoms with E-state index in [1.807, 2.05) is 36.6 Å². The monoisotopic (exact) mass is 259 g/mol. The summed E-state index contributed by atoms with van der Waals surface area (Å²) in [6.45, 7) is 6.56. The van der Waals surface area contributed by atoms with Crippen LogP contribution in [0.15, 0.2) is 29.2 Å². The molecule has 0 unspecified atom stereocenters. The van der Waals surface area contributed by atoms with E-state index in [1.54, 1.807) is 13.1 Å². The largest absolute Gasteiger partial charge is 0.462 e. The minimum atomic E-state index is -0.557. The van der Waals surface area contributed by atoms with Gasteiger partial charge in [-0.25, -0.2) is 4.79 Å². The van der Waals surface area contributed by atoms with Gasteiger partial charge in [-0.15, -0.1) is 0 Å². The molecular weight excluding hydrogens is 242 g/mol. The molecule has 0 amide bonds. The summed E-state index contributed by atoms with van der Waals surface area (Å²) in [5.74, 6) is -0.557. The molecule has 0 radical (unpaired) electrons. The Morgan fingerprint density at radius 1 is 1.32 bits per heavy atom. The molecular formula is C15H17NO3. The van der Waals surface area contributed by atoms with E-state index in [1.165, 1.54) is 0 Å². The quantitative estimate of drug-likeness (QED) is 0.796. The Bertz CT molecular complexity index is 686. The highest BCUT2D eigenvalue weighted by Gasteiger charge is 2.15. The summed E-state index contributed by atoms with van der Waals surface area (Å²) >= 11 is 0. The molecule has 1 heterocycles. The third-order valence-electron chi connectivity index (χ3n) is 3.07. The second kappa shape index (κ2) is 5.26. The van der Waals surface area contributed by atoms with Gasteiger partial charge in [0.25, 0.3) is 0 Å². The summed E-state index contributed by atoms with van der Waals surface area (Å²) in [4.78, 5) is 24.2. The maximum atomic E-state index is 12.4. The molecule has 0 N–H and O–H groups in total. The summed E-state index contributed by atoms with van der Waals surface area (Å²) in [7, 11) is 0. The van der Waals surface area contributed by atoms with Crippen LogP contribution in [-0.4, -0.2) is 17.1 Å². The van der Waals surface area contributed by atoms with Crippen LogP contribution in [0.2, 0.25) is 0 Å². The van der Waals surface area contributed by atoms with Crippen molar-refractivity contribution in [1.29, 1.82) is 0 Å². The van der Waals surface area contributed by atoms with Crippen LogP contribution in [0.4, 0.5) is 0 Å². The first-order valence-electron chi connectivity index (χ1n) is 6.39. The van der Waals surface area contributed by atoms with Gasteiger partial charge in [0, 0.05) is 18.1 Å². The van der Waals surface area contributed by atoms with Crippen molar-refractivity contribution >= 4 is 16.9 Å². The topological polar surface area (TPSA) is 48.3 Å². The molecule has 1 aromatic heterocycles. The van der Waals surface area contributed by atoms with Crippen molar-refractivity contribution in [3.05, 3.63) is 45.7 Å². The Balaban J connectivity index is 2.77. The lowest BCUT2D eigenvalue weighted by Crippen LogP contribution is -2.20. The number of aromatic nitrogens is 1. The van der Waals surface area contributed by atoms with Gasteiger partial charge in [-0.1, -0.05) is 11.6 Å². The van der Waals surface area contributed by atoms with Crippen molar-refractivity contribution in [3.63, 3.8) is 0 Å². The molecule has 0 spiro atoms. The van der Waals surface area contributed by atoms with Crippen LogP contribution in [0.1, 0.15) is 29.8 Å². The fourth-order valence-electron chi connectivity index (χ4n) is 2.13. The van der Waals surface area contributed by atoms with E-state index in [-0.39, 0.29) is 17.6 Å². The zero-order chi connectivity index (χ0) is 14.0. The van der Waals surface area contributed by atoms with Crippen LogP contribution in [0.3, 0.4) is 0 Å². The van der Waals surface area contributed by atoms with Gasteiger partial charge in [0.2, 0.25) is 5.43 Å². The van der Waals surface area contributed by atoms with Gasteiger partial charge in [-0.05, 0) is 32.9 Å². The van der Waals surface area contributed by atoms with Crippen molar-refractivity contribution in [1.82, 2.24) is 4.57 Å². The minimum Gasteiger partial charge on any atom is -0.462 e. The van der Waals surface area contributed by atoms with E-state index in [9.17, 15) is 9.59 Å². The molecule has 2 aromatic rings. The van der Waals surface area contributed by atoms with Gasteiger partial charge < -0.3 is 9.30 Å². The molecule has 0 fully saturated rings. The highest BCUT2D eigenvalue weighted by molar-refractivity contribution is 5.93. The van der Waals surface area contributed by atoms with Gasteiger partial charge >= 0.3 is 5.97 Å². The molecule has 1 aromatic carbocycles. The number of ether oxygens (including phenoxy) is 1. The summed E-state index contributed by atoms with van der Waals surface area (Å²) in [6.07, 6.45) is 1.58. The third-order valence-corrected chi connectivity index (χ3v) is 3.07. The first kappa shape index (κ1) is 13.3. The van der Waals surface area contributed by atoms with Crippen molar-refractivity contribution in [2.24, 2.45) is 0 Å². The highest BCUT2D eigenvalue weighted by atomic mass is 16.5. The number of carbonyl (C=O) groups is 1. The number of nitrogens with zero attached hydrogens (tertiary/aromatic N) is 1. The molecule has 100 valence electrons. The summed E-state index contributed by atoms with van der Waals surface area (Å²) in [5, 5.41) is 0.562. The predicted molar refractivity (Wildman–Crippen MR) is 74.6 cm³/mol. The number of hydrogen-bond acceptors (Lipinski definition) is 3. The number of rotatable bonds is 3. The molecule has 0 aliphatic rings. The Hall–Kier alpha value is -2.10. The minimum absolute atomic E-state index is 0.0989. The van der Waals surface area contributed by atoms with Crippen LogP contribution in [0, 0.1) is 6.92 Å². The normalized spacial score (nSPS) is 10.7. The van der Waals surface area contributed by atoms with Crippen molar-refractivity contribution in [2.45, 2.75) is 27.3 Å². The van der Waals surface area contributed by atoms with Crippen LogP contribution in [0.5, 0.6) is 0 Å². The average Bonchev–Trinajstić information content (AvgIpc) is 2.40. The van der Waals surface area contributed by atoms with Crippen LogP contribution in [0.25, 0.3) is 10.9 Å². The highest BCUT2D eigenvalue weighted by Crippen LogP contribution is 2.14. The first-order valence-corrected chi connectivity index (χ1v) is 6.39. The molecule has 4 heteroatoms. The second-order valence-electron chi connectivity index (χ2n) is 4.40. The number of pyridine rings is 1. The van der Waals surface area contributed by atoms with Crippen molar-refractivity contribution in [3.8, 4) is 0 Å². The van der Waals surface area contributed by atoms with E-state index < -0.39 is 5.97 Å². The molecule has 0 aliphatic heterocycles. The fourth-order valence-corrected chi connectivity index (χ4v) is 2.13. The maximum absolute atomic E-state index is 12.4. The number of benzene rings is 1. The smallest absolute Gasteiger partial charge is 0.343 e. The standard InChI is InChI=1S/C15H17NO3/c1-4-16-9-12(15(18)19-5-2)14(17)11-8-10(3)6-7-13(11)16/h6-9H,4-5H2,1-3H3. The van der Waals surface area contributed by atoms with E-state index in [2.05, 4.69) is 0 Å². The zero-order valence-electron chi connectivity index (χ0n) is 11.4. The van der Waals surface area contributed by atoms with E-state index >= 15 is 0 Å². The Kier molecular flexibility index (Phi) is 3.69. The van der Waals surface area contributed by atoms with Gasteiger partial charge in [0.15, 0.2) is 0 Å². The molecule has 19 heavy (non-hydrogen) atoms. The number of aryl methyl sites for hydroxylation is 2. The van der Waals surface area contributed by atoms with Crippen molar-refractivity contribution < 1.29 is 9.53 Å². The molecule has 2 rings (SSSR count). The molecule has 0 aliphatic carbocycles. The molecule has 0 bridgehead atoms. The Morgan fingerprint density at radius 2 is 2.05 bits per heavy atom. The van der Waals surface area contributed by atoms with Crippen molar-refractivity contribution in [2.75, 3.05) is 6.61 Å². The summed E-state index contributed by atoms with van der Waals surface area (Å²) in [6, 6.07) is 5.68. The lowest BCUT2D eigenvalue weighted by molar-refractivity contribution is 0.0524. The fraction of sp³-hybridized carbons (Fsp3) is 0.333. The zero-order valence-corrected chi connectivity index (χ0v) is 11.4. The maximum Gasteiger partial charge on any atom is 0.343 e. The molecule has 4 nitrogen and oxygen atoms in total. The lowest BCUT2D eigenvalue weighted by Gasteiger charge is -2.11. The van der Waals surface area contributed by atoms with Crippen LogP contribution < -0.4 is 5.43 Å². The van der Waals surface area contributed by atoms with Gasteiger partial charge in [0.1, 0.15) is 5.56 Å². The van der Waals surface area contributed by atoms with E-state index in [0.29, 0.717) is 11.9 Å². The molecule has 0 saturated carbocycles. The van der Waals surface area contributed by atoms with Gasteiger partial charge in [-0.3, -0.25) is 4.79 Å². The SMILES string of the molecule is CCOC(=O)c1cn(CC)c2ccc(C)cc2c1=O. The first-order chi connectivity index (χ1) is 9.08. The van der Waals surface area contributed by atoms with Gasteiger partial charge in [-0.2, -0.15) is 0 Å². The summed E-state index contributed by atoms with van der Waals surface area (Å²) in [5.41, 5.74) is 1.67. The predicted octanol–water partition coefficient (Wildman–Crippen LogP) is 2.51.